The van der Waals surface area contributed by atoms with E-state index in [1.807, 2.05) is 31.2 Å². The molecule has 3 aromatic rings. The Morgan fingerprint density at radius 2 is 1.74 bits per heavy atom. The van der Waals surface area contributed by atoms with Crippen LogP contribution < -0.4 is 10.1 Å². The molecule has 2 aromatic carbocycles. The van der Waals surface area contributed by atoms with Crippen LogP contribution in [0.2, 0.25) is 0 Å². The maximum Gasteiger partial charge on any atom is 0.322 e. The van der Waals surface area contributed by atoms with Crippen LogP contribution in [0.3, 0.4) is 0 Å². The molecule has 0 saturated heterocycles. The van der Waals surface area contributed by atoms with Crippen molar-refractivity contribution in [1.82, 2.24) is 14.5 Å². The summed E-state index contributed by atoms with van der Waals surface area (Å²) < 4.78 is 38.7. The van der Waals surface area contributed by atoms with E-state index in [0.717, 1.165) is 43.4 Å². The van der Waals surface area contributed by atoms with Gasteiger partial charge >= 0.3 is 6.01 Å². The van der Waals surface area contributed by atoms with Gasteiger partial charge in [-0.1, -0.05) is 43.4 Å². The van der Waals surface area contributed by atoms with Gasteiger partial charge in [0, 0.05) is 18.2 Å². The normalized spacial score (nSPS) is 14.7. The molecular weight excluding hydrogens is 468 g/mol. The Morgan fingerprint density at radius 1 is 1.06 bits per heavy atom. The number of anilines is 1. The predicted octanol–water partition coefficient (Wildman–Crippen LogP) is 4.26. The molecule has 0 aliphatic heterocycles. The minimum Gasteiger partial charge on any atom is -0.497 e. The fraction of sp³-hybridized carbons (Fsp3) is 0.400. The van der Waals surface area contributed by atoms with E-state index >= 15 is 0 Å². The second-order valence-electron chi connectivity index (χ2n) is 8.50. The van der Waals surface area contributed by atoms with E-state index in [9.17, 15) is 13.2 Å². The van der Waals surface area contributed by atoms with E-state index in [-0.39, 0.29) is 17.0 Å². The molecule has 10 heteroatoms. The van der Waals surface area contributed by atoms with Crippen molar-refractivity contribution in [2.45, 2.75) is 56.4 Å². The van der Waals surface area contributed by atoms with Gasteiger partial charge in [-0.15, -0.1) is 5.10 Å². The summed E-state index contributed by atoms with van der Waals surface area (Å²) in [5, 5.41) is 10.4. The molecule has 1 aromatic heterocycles. The number of hydrogen-bond donors (Lipinski definition) is 1. The minimum absolute atomic E-state index is 0.0235. The fourth-order valence-electron chi connectivity index (χ4n) is 4.37. The summed E-state index contributed by atoms with van der Waals surface area (Å²) in [5.41, 5.74) is 1.25. The number of hydrogen-bond acceptors (Lipinski definition) is 7. The van der Waals surface area contributed by atoms with Gasteiger partial charge in [-0.05, 0) is 54.8 Å². The van der Waals surface area contributed by atoms with Crippen LogP contribution in [0.15, 0.2) is 57.8 Å². The molecule has 0 spiro atoms. The molecule has 0 atom stereocenters. The third-order valence-electron chi connectivity index (χ3n) is 6.22. The predicted molar refractivity (Wildman–Crippen MR) is 131 cm³/mol. The first-order valence-electron chi connectivity index (χ1n) is 11.8. The summed E-state index contributed by atoms with van der Waals surface area (Å²) in [4.78, 5) is 12.8. The third-order valence-corrected chi connectivity index (χ3v) is 8.26. The first-order valence-corrected chi connectivity index (χ1v) is 13.2. The number of ether oxygens (including phenoxy) is 1. The molecule has 1 N–H and O–H groups in total. The van der Waals surface area contributed by atoms with Gasteiger partial charge in [-0.2, -0.15) is 4.31 Å². The Labute approximate surface area is 205 Å². The van der Waals surface area contributed by atoms with Gasteiger partial charge in [0.1, 0.15) is 5.75 Å². The number of benzene rings is 2. The topological polar surface area (TPSA) is 115 Å². The van der Waals surface area contributed by atoms with E-state index in [1.54, 1.807) is 11.4 Å². The lowest BCUT2D eigenvalue weighted by atomic mass is 9.95. The summed E-state index contributed by atoms with van der Waals surface area (Å²) in [5.74, 6) is 0.643. The lowest BCUT2D eigenvalue weighted by molar-refractivity contribution is 0.102. The lowest BCUT2D eigenvalue weighted by Crippen LogP contribution is -2.41. The molecular formula is C25H30N4O5S. The molecule has 0 unspecified atom stereocenters. The minimum atomic E-state index is -3.63. The van der Waals surface area contributed by atoms with E-state index < -0.39 is 15.9 Å². The zero-order valence-corrected chi connectivity index (χ0v) is 20.8. The quantitative estimate of drug-likeness (QED) is 0.469. The van der Waals surface area contributed by atoms with Gasteiger partial charge in [0.05, 0.1) is 18.4 Å². The number of aromatic nitrogens is 2. The first-order chi connectivity index (χ1) is 16.9. The zero-order valence-electron chi connectivity index (χ0n) is 19.9. The molecule has 1 aliphatic rings. The second-order valence-corrected chi connectivity index (χ2v) is 10.4. The molecule has 1 heterocycles. The van der Waals surface area contributed by atoms with Gasteiger partial charge in [-0.3, -0.25) is 10.1 Å². The van der Waals surface area contributed by atoms with Crippen molar-refractivity contribution < 1.29 is 22.4 Å². The van der Waals surface area contributed by atoms with Crippen molar-refractivity contribution in [3.63, 3.8) is 0 Å². The highest BCUT2D eigenvalue weighted by molar-refractivity contribution is 7.89. The van der Waals surface area contributed by atoms with Crippen molar-refractivity contribution in [3.8, 4) is 5.75 Å². The largest absolute Gasteiger partial charge is 0.497 e. The van der Waals surface area contributed by atoms with E-state index in [0.29, 0.717) is 24.4 Å². The second kappa shape index (κ2) is 11.0. The fourth-order valence-corrected chi connectivity index (χ4v) is 6.06. The van der Waals surface area contributed by atoms with Crippen LogP contribution >= 0.6 is 0 Å². The number of carbonyl (C=O) groups excluding carboxylic acids is 1. The summed E-state index contributed by atoms with van der Waals surface area (Å²) in [6.45, 7) is 2.28. The Kier molecular flexibility index (Phi) is 7.82. The average Bonchev–Trinajstić information content (AvgIpc) is 3.32. The molecule has 1 saturated carbocycles. The number of sulfonamides is 1. The van der Waals surface area contributed by atoms with Crippen molar-refractivity contribution in [2.75, 3.05) is 19.0 Å². The summed E-state index contributed by atoms with van der Waals surface area (Å²) in [6.07, 6.45) is 5.44. The molecule has 0 radical (unpaired) electrons. The van der Waals surface area contributed by atoms with Crippen LogP contribution in [0.4, 0.5) is 6.01 Å². The lowest BCUT2D eigenvalue weighted by Gasteiger charge is -2.32. The van der Waals surface area contributed by atoms with Crippen LogP contribution in [-0.4, -0.2) is 48.5 Å². The molecule has 1 aliphatic carbocycles. The van der Waals surface area contributed by atoms with Crippen LogP contribution in [0, 0.1) is 0 Å². The number of rotatable bonds is 9. The standard InChI is InChI=1S/C25H30N4O5S/c1-3-29(20-7-5-4-6-8-20)35(31,32)22-15-11-19(12-16-22)24(30)26-25-28-27-23(34-25)17-18-9-13-21(33-2)14-10-18/h9-16,20H,3-8,17H2,1-2H3,(H,26,28,30). The Balaban J connectivity index is 1.40. The highest BCUT2D eigenvalue weighted by Crippen LogP contribution is 2.28. The van der Waals surface area contributed by atoms with E-state index in [1.165, 1.54) is 24.3 Å². The molecule has 186 valence electrons. The van der Waals surface area contributed by atoms with E-state index in [2.05, 4.69) is 15.5 Å². The maximum absolute atomic E-state index is 13.2. The number of carbonyl (C=O) groups is 1. The van der Waals surface area contributed by atoms with E-state index in [4.69, 9.17) is 9.15 Å². The van der Waals surface area contributed by atoms with Gasteiger partial charge in [0.15, 0.2) is 0 Å². The van der Waals surface area contributed by atoms with Crippen LogP contribution in [0.5, 0.6) is 5.75 Å². The first kappa shape index (κ1) is 24.9. The maximum atomic E-state index is 13.2. The van der Waals surface area contributed by atoms with Gasteiger partial charge < -0.3 is 9.15 Å². The van der Waals surface area contributed by atoms with Crippen molar-refractivity contribution in [2.24, 2.45) is 0 Å². The SMILES string of the molecule is CCN(C1CCCCC1)S(=O)(=O)c1ccc(C(=O)Nc2nnc(Cc3ccc(OC)cc3)o2)cc1. The Hall–Kier alpha value is -3.24. The Bertz CT molecular complexity index is 1230. The van der Waals surface area contributed by atoms with Crippen molar-refractivity contribution in [1.29, 1.82) is 0 Å². The van der Waals surface area contributed by atoms with Crippen LogP contribution in [0.1, 0.15) is 60.8 Å². The van der Waals surface area contributed by atoms with Gasteiger partial charge in [0.2, 0.25) is 15.9 Å². The average molecular weight is 499 g/mol. The molecule has 9 nitrogen and oxygen atoms in total. The highest BCUT2D eigenvalue weighted by atomic mass is 32.2. The third kappa shape index (κ3) is 5.88. The Morgan fingerprint density at radius 3 is 2.37 bits per heavy atom. The van der Waals surface area contributed by atoms with Crippen LogP contribution in [-0.2, 0) is 16.4 Å². The zero-order chi connectivity index (χ0) is 24.8. The number of nitrogens with one attached hydrogen (secondary N) is 1. The van der Waals surface area contributed by atoms with Crippen molar-refractivity contribution >= 4 is 21.9 Å². The van der Waals surface area contributed by atoms with Gasteiger partial charge in [-0.25, -0.2) is 8.42 Å². The number of nitrogens with zero attached hydrogens (tertiary/aromatic N) is 3. The van der Waals surface area contributed by atoms with Crippen LogP contribution in [0.25, 0.3) is 0 Å². The molecule has 35 heavy (non-hydrogen) atoms. The highest BCUT2D eigenvalue weighted by Gasteiger charge is 2.31. The summed E-state index contributed by atoms with van der Waals surface area (Å²) in [6, 6.07) is 13.4. The summed E-state index contributed by atoms with van der Waals surface area (Å²) >= 11 is 0. The number of methoxy groups -OCH3 is 1. The van der Waals surface area contributed by atoms with Gasteiger partial charge in [0.25, 0.3) is 5.91 Å². The monoisotopic (exact) mass is 498 g/mol. The molecule has 1 amide bonds. The number of amides is 1. The molecule has 1 fully saturated rings. The smallest absolute Gasteiger partial charge is 0.322 e. The molecule has 0 bridgehead atoms. The summed E-state index contributed by atoms with van der Waals surface area (Å²) in [7, 11) is -2.03. The van der Waals surface area contributed by atoms with Crippen molar-refractivity contribution in [3.05, 3.63) is 65.5 Å². The molecule has 4 rings (SSSR count).